The monoisotopic (exact) mass is 428 g/mol. The molecule has 0 radical (unpaired) electrons. The Bertz CT molecular complexity index is 1170. The predicted octanol–water partition coefficient (Wildman–Crippen LogP) is 5.99. The van der Waals surface area contributed by atoms with Crippen LogP contribution in [0.4, 0.5) is 4.39 Å². The van der Waals surface area contributed by atoms with Crippen molar-refractivity contribution in [1.29, 1.82) is 0 Å². The molecule has 1 aliphatic heterocycles. The SMILES string of the molecule is Fc1cccc(-c2ccc3oc(CN4CCCN(CCc5ccccc5)CC4)cc3c2)c1. The smallest absolute Gasteiger partial charge is 0.134 e. The van der Waals surface area contributed by atoms with E-state index in [4.69, 9.17) is 4.42 Å². The van der Waals surface area contributed by atoms with Crippen LogP contribution in [0.25, 0.3) is 22.1 Å². The van der Waals surface area contributed by atoms with E-state index in [2.05, 4.69) is 52.3 Å². The first-order valence-electron chi connectivity index (χ1n) is 11.5. The molecule has 0 atom stereocenters. The maximum Gasteiger partial charge on any atom is 0.134 e. The molecule has 2 heterocycles. The van der Waals surface area contributed by atoms with E-state index < -0.39 is 0 Å². The highest BCUT2D eigenvalue weighted by molar-refractivity contribution is 5.84. The summed E-state index contributed by atoms with van der Waals surface area (Å²) in [6.07, 6.45) is 2.29. The van der Waals surface area contributed by atoms with Gasteiger partial charge in [-0.3, -0.25) is 4.90 Å². The molecule has 0 unspecified atom stereocenters. The Labute approximate surface area is 189 Å². The molecule has 1 fully saturated rings. The van der Waals surface area contributed by atoms with Crippen LogP contribution in [0.1, 0.15) is 17.7 Å². The van der Waals surface area contributed by atoms with Crippen molar-refractivity contribution in [2.24, 2.45) is 0 Å². The fraction of sp³-hybridized carbons (Fsp3) is 0.286. The molecule has 3 aromatic carbocycles. The second kappa shape index (κ2) is 9.68. The van der Waals surface area contributed by atoms with Gasteiger partial charge in [-0.15, -0.1) is 0 Å². The molecule has 0 saturated carbocycles. The van der Waals surface area contributed by atoms with Crippen molar-refractivity contribution >= 4 is 11.0 Å². The summed E-state index contributed by atoms with van der Waals surface area (Å²) in [5.41, 5.74) is 4.19. The summed E-state index contributed by atoms with van der Waals surface area (Å²) < 4.78 is 19.7. The van der Waals surface area contributed by atoms with Crippen LogP contribution in [0, 0.1) is 5.82 Å². The molecule has 0 amide bonds. The Hall–Kier alpha value is -2.95. The van der Waals surface area contributed by atoms with Crippen LogP contribution >= 0.6 is 0 Å². The molecule has 4 aromatic rings. The number of hydrogen-bond acceptors (Lipinski definition) is 3. The Morgan fingerprint density at radius 1 is 0.750 bits per heavy atom. The summed E-state index contributed by atoms with van der Waals surface area (Å²) in [6, 6.07) is 25.7. The molecule has 1 aliphatic rings. The normalized spacial score (nSPS) is 15.8. The maximum absolute atomic E-state index is 13.6. The van der Waals surface area contributed by atoms with Gasteiger partial charge >= 0.3 is 0 Å². The second-order valence-electron chi connectivity index (χ2n) is 8.68. The molecule has 0 aliphatic carbocycles. The van der Waals surface area contributed by atoms with E-state index >= 15 is 0 Å². The van der Waals surface area contributed by atoms with E-state index in [9.17, 15) is 4.39 Å². The summed E-state index contributed by atoms with van der Waals surface area (Å²) in [5.74, 6) is 0.781. The average Bonchev–Trinajstić information content (AvgIpc) is 3.08. The molecule has 1 saturated heterocycles. The van der Waals surface area contributed by atoms with Gasteiger partial charge in [0, 0.05) is 25.0 Å². The van der Waals surface area contributed by atoms with Crippen LogP contribution in [0.3, 0.4) is 0 Å². The zero-order valence-electron chi connectivity index (χ0n) is 18.3. The van der Waals surface area contributed by atoms with Gasteiger partial charge in [-0.1, -0.05) is 48.5 Å². The fourth-order valence-corrected chi connectivity index (χ4v) is 4.58. The first kappa shape index (κ1) is 20.9. The Kier molecular flexibility index (Phi) is 6.33. The van der Waals surface area contributed by atoms with Crippen molar-refractivity contribution in [2.45, 2.75) is 19.4 Å². The van der Waals surface area contributed by atoms with Crippen LogP contribution in [-0.2, 0) is 13.0 Å². The summed E-state index contributed by atoms with van der Waals surface area (Å²) in [6.45, 7) is 6.34. The lowest BCUT2D eigenvalue weighted by molar-refractivity contribution is 0.240. The quantitative estimate of drug-likeness (QED) is 0.376. The molecule has 164 valence electrons. The lowest BCUT2D eigenvalue weighted by Crippen LogP contribution is -2.31. The number of fused-ring (bicyclic) bond motifs is 1. The van der Waals surface area contributed by atoms with Gasteiger partial charge < -0.3 is 9.32 Å². The van der Waals surface area contributed by atoms with Crippen molar-refractivity contribution in [1.82, 2.24) is 9.80 Å². The van der Waals surface area contributed by atoms with E-state index in [0.29, 0.717) is 0 Å². The highest BCUT2D eigenvalue weighted by atomic mass is 19.1. The van der Waals surface area contributed by atoms with E-state index in [-0.39, 0.29) is 5.82 Å². The van der Waals surface area contributed by atoms with Gasteiger partial charge in [0.2, 0.25) is 0 Å². The molecule has 32 heavy (non-hydrogen) atoms. The lowest BCUT2D eigenvalue weighted by atomic mass is 10.0. The molecular weight excluding hydrogens is 399 g/mol. The third-order valence-corrected chi connectivity index (χ3v) is 6.35. The van der Waals surface area contributed by atoms with Gasteiger partial charge in [0.05, 0.1) is 6.54 Å². The van der Waals surface area contributed by atoms with Gasteiger partial charge in [0.25, 0.3) is 0 Å². The molecule has 5 rings (SSSR count). The minimum atomic E-state index is -0.213. The van der Waals surface area contributed by atoms with E-state index in [1.165, 1.54) is 18.1 Å². The Morgan fingerprint density at radius 3 is 2.44 bits per heavy atom. The number of benzene rings is 3. The highest BCUT2D eigenvalue weighted by Crippen LogP contribution is 2.28. The molecule has 4 heteroatoms. The van der Waals surface area contributed by atoms with Crippen LogP contribution in [-0.4, -0.2) is 42.5 Å². The van der Waals surface area contributed by atoms with Crippen LogP contribution in [0.2, 0.25) is 0 Å². The van der Waals surface area contributed by atoms with E-state index in [1.807, 2.05) is 18.2 Å². The number of hydrogen-bond donors (Lipinski definition) is 0. The van der Waals surface area contributed by atoms with Crippen molar-refractivity contribution in [3.05, 3.63) is 96.0 Å². The van der Waals surface area contributed by atoms with E-state index in [0.717, 1.165) is 73.5 Å². The summed E-state index contributed by atoms with van der Waals surface area (Å²) >= 11 is 0. The Morgan fingerprint density at radius 2 is 1.56 bits per heavy atom. The first-order valence-corrected chi connectivity index (χ1v) is 11.5. The third-order valence-electron chi connectivity index (χ3n) is 6.35. The van der Waals surface area contributed by atoms with Crippen molar-refractivity contribution < 1.29 is 8.81 Å². The van der Waals surface area contributed by atoms with Crippen LogP contribution in [0.5, 0.6) is 0 Å². The standard InChI is InChI=1S/C28H29FN2O/c29-26-9-4-8-23(19-26)24-10-11-28-25(18-24)20-27(32-28)21-31-14-5-13-30(16-17-31)15-12-22-6-2-1-3-7-22/h1-4,6-11,18-20H,5,12-17,21H2. The zero-order chi connectivity index (χ0) is 21.8. The van der Waals surface area contributed by atoms with Gasteiger partial charge in [0.1, 0.15) is 17.2 Å². The highest BCUT2D eigenvalue weighted by Gasteiger charge is 2.16. The number of nitrogens with zero attached hydrogens (tertiary/aromatic N) is 2. The van der Waals surface area contributed by atoms with Gasteiger partial charge in [-0.2, -0.15) is 0 Å². The summed E-state index contributed by atoms with van der Waals surface area (Å²) in [5, 5.41) is 1.07. The molecule has 0 spiro atoms. The van der Waals surface area contributed by atoms with Crippen molar-refractivity contribution in [2.75, 3.05) is 32.7 Å². The lowest BCUT2D eigenvalue weighted by Gasteiger charge is -2.21. The predicted molar refractivity (Wildman–Crippen MR) is 128 cm³/mol. The number of halogens is 1. The molecule has 3 nitrogen and oxygen atoms in total. The van der Waals surface area contributed by atoms with Gasteiger partial charge in [-0.05, 0) is 73.0 Å². The van der Waals surface area contributed by atoms with Crippen molar-refractivity contribution in [3.63, 3.8) is 0 Å². The largest absolute Gasteiger partial charge is 0.460 e. The molecule has 0 bridgehead atoms. The minimum absolute atomic E-state index is 0.213. The van der Waals surface area contributed by atoms with Crippen LogP contribution < -0.4 is 0 Å². The fourth-order valence-electron chi connectivity index (χ4n) is 4.58. The summed E-state index contributed by atoms with van der Waals surface area (Å²) in [4.78, 5) is 5.07. The molecular formula is C28H29FN2O. The van der Waals surface area contributed by atoms with Gasteiger partial charge in [-0.25, -0.2) is 4.39 Å². The van der Waals surface area contributed by atoms with Crippen LogP contribution in [0.15, 0.2) is 83.3 Å². The third kappa shape index (κ3) is 5.09. The van der Waals surface area contributed by atoms with Crippen molar-refractivity contribution in [3.8, 4) is 11.1 Å². The number of furan rings is 1. The Balaban J connectivity index is 1.20. The topological polar surface area (TPSA) is 19.6 Å². The maximum atomic E-state index is 13.6. The minimum Gasteiger partial charge on any atom is -0.460 e. The van der Waals surface area contributed by atoms with E-state index in [1.54, 1.807) is 12.1 Å². The molecule has 0 N–H and O–H groups in total. The molecule has 1 aromatic heterocycles. The zero-order valence-corrected chi connectivity index (χ0v) is 18.3. The average molecular weight is 429 g/mol. The summed E-state index contributed by atoms with van der Waals surface area (Å²) in [7, 11) is 0. The van der Waals surface area contributed by atoms with Gasteiger partial charge in [0.15, 0.2) is 0 Å². The number of rotatable bonds is 6. The second-order valence-corrected chi connectivity index (χ2v) is 8.68. The first-order chi connectivity index (χ1) is 15.7.